The van der Waals surface area contributed by atoms with E-state index < -0.39 is 49.9 Å². The van der Waals surface area contributed by atoms with E-state index in [1.54, 1.807) is 0 Å². The van der Waals surface area contributed by atoms with Gasteiger partial charge in [0.15, 0.2) is 0 Å². The molecular weight excluding hydrogens is 267 g/mol. The van der Waals surface area contributed by atoms with Gasteiger partial charge >= 0.3 is 7.60 Å². The van der Waals surface area contributed by atoms with Gasteiger partial charge in [-0.3, -0.25) is 9.09 Å². The minimum atomic E-state index is -4.10. The summed E-state index contributed by atoms with van der Waals surface area (Å²) in [5.74, 6) is 0. The fourth-order valence-electron chi connectivity index (χ4n) is 1.62. The molecule has 0 heterocycles. The maximum atomic E-state index is 11.7. The summed E-state index contributed by atoms with van der Waals surface area (Å²) in [5, 5.41) is 47.3. The average molecular weight is 286 g/mol. The number of hydrogen-bond acceptors (Lipinski definition) is 7. The van der Waals surface area contributed by atoms with Gasteiger partial charge in [-0.05, 0) is 0 Å². The summed E-state index contributed by atoms with van der Waals surface area (Å²) in [6, 6.07) is 0. The molecule has 0 radical (unpaired) electrons. The van der Waals surface area contributed by atoms with Crippen molar-refractivity contribution in [2.45, 2.75) is 56.1 Å². The summed E-state index contributed by atoms with van der Waals surface area (Å²) >= 11 is 0. The normalized spacial score (nSPS) is 44.9. The lowest BCUT2D eigenvalue weighted by Gasteiger charge is -2.42. The van der Waals surface area contributed by atoms with Crippen LogP contribution < -0.4 is 0 Å². The van der Waals surface area contributed by atoms with Gasteiger partial charge in [-0.1, -0.05) is 13.8 Å². The van der Waals surface area contributed by atoms with E-state index in [1.807, 2.05) is 0 Å². The molecule has 0 bridgehead atoms. The van der Waals surface area contributed by atoms with Crippen molar-refractivity contribution in [3.05, 3.63) is 0 Å². The van der Waals surface area contributed by atoms with Crippen molar-refractivity contribution in [1.82, 2.24) is 0 Å². The van der Waals surface area contributed by atoms with Crippen molar-refractivity contribution in [1.29, 1.82) is 0 Å². The van der Waals surface area contributed by atoms with E-state index in [9.17, 15) is 35.0 Å². The SMILES string of the molecule is CC(C)P(=O)(O)OC1[C@H](O)[C@H](O)C(O)[C@H](O)[C@H]1O. The number of hydrogen-bond donors (Lipinski definition) is 6. The zero-order valence-corrected chi connectivity index (χ0v) is 10.9. The summed E-state index contributed by atoms with van der Waals surface area (Å²) in [4.78, 5) is 9.50. The molecule has 0 aromatic rings. The van der Waals surface area contributed by atoms with Crippen molar-refractivity contribution in [2.75, 3.05) is 0 Å². The smallest absolute Gasteiger partial charge is 0.331 e. The Labute approximate surface area is 104 Å². The highest BCUT2D eigenvalue weighted by Crippen LogP contribution is 2.49. The van der Waals surface area contributed by atoms with Gasteiger partial charge in [0.2, 0.25) is 0 Å². The van der Waals surface area contributed by atoms with Crippen molar-refractivity contribution < 1.29 is 39.5 Å². The summed E-state index contributed by atoms with van der Waals surface area (Å²) in [5.41, 5.74) is -0.780. The number of rotatable bonds is 3. The summed E-state index contributed by atoms with van der Waals surface area (Å²) in [6.45, 7) is 2.81. The Morgan fingerprint density at radius 3 is 1.56 bits per heavy atom. The van der Waals surface area contributed by atoms with Crippen LogP contribution in [-0.4, -0.2) is 72.7 Å². The first-order valence-electron chi connectivity index (χ1n) is 5.50. The monoisotopic (exact) mass is 286 g/mol. The van der Waals surface area contributed by atoms with Crippen molar-refractivity contribution in [2.24, 2.45) is 0 Å². The molecule has 9 heteroatoms. The first-order chi connectivity index (χ1) is 8.09. The van der Waals surface area contributed by atoms with Gasteiger partial charge in [-0.15, -0.1) is 0 Å². The standard InChI is InChI=1S/C9H19O8P/c1-3(2)18(15,16)17-9-7(13)5(11)4(10)6(12)8(9)14/h3-14H,1-2H3,(H,15,16)/t4?,5-,6+,7-,8-,9?/m1/s1. The average Bonchev–Trinajstić information content (AvgIpc) is 2.29. The molecule has 1 aliphatic carbocycles. The summed E-state index contributed by atoms with van der Waals surface area (Å²) in [6.07, 6.45) is -10.5. The third kappa shape index (κ3) is 2.92. The van der Waals surface area contributed by atoms with Gasteiger partial charge in [0.1, 0.15) is 36.6 Å². The van der Waals surface area contributed by atoms with Gasteiger partial charge in [0.25, 0.3) is 0 Å². The number of aliphatic hydroxyl groups excluding tert-OH is 5. The van der Waals surface area contributed by atoms with Crippen molar-refractivity contribution in [3.63, 3.8) is 0 Å². The molecule has 0 aromatic heterocycles. The molecule has 1 rings (SSSR count). The van der Waals surface area contributed by atoms with Crippen LogP contribution in [0.25, 0.3) is 0 Å². The Morgan fingerprint density at radius 2 is 1.22 bits per heavy atom. The predicted molar refractivity (Wildman–Crippen MR) is 59.9 cm³/mol. The third-order valence-electron chi connectivity index (χ3n) is 3.00. The highest BCUT2D eigenvalue weighted by Gasteiger charge is 2.51. The van der Waals surface area contributed by atoms with Crippen LogP contribution >= 0.6 is 7.60 Å². The van der Waals surface area contributed by atoms with Crippen LogP contribution in [0.1, 0.15) is 13.8 Å². The molecule has 0 aromatic carbocycles. The van der Waals surface area contributed by atoms with E-state index in [1.165, 1.54) is 13.8 Å². The Balaban J connectivity index is 2.90. The van der Waals surface area contributed by atoms with Crippen LogP contribution in [0.5, 0.6) is 0 Å². The van der Waals surface area contributed by atoms with Crippen LogP contribution in [0.2, 0.25) is 0 Å². The van der Waals surface area contributed by atoms with E-state index in [0.717, 1.165) is 0 Å². The Bertz CT molecular complexity index is 319. The minimum absolute atomic E-state index is 0.780. The molecular formula is C9H19O8P. The van der Waals surface area contributed by atoms with E-state index in [4.69, 9.17) is 4.52 Å². The molecule has 3 unspecified atom stereocenters. The highest BCUT2D eigenvalue weighted by molar-refractivity contribution is 7.53. The van der Waals surface area contributed by atoms with E-state index in [0.29, 0.717) is 0 Å². The highest BCUT2D eigenvalue weighted by atomic mass is 31.2. The molecule has 1 fully saturated rings. The molecule has 1 aliphatic rings. The van der Waals surface area contributed by atoms with Crippen molar-refractivity contribution in [3.8, 4) is 0 Å². The first kappa shape index (κ1) is 16.0. The zero-order chi connectivity index (χ0) is 14.2. The fraction of sp³-hybridized carbons (Fsp3) is 1.00. The second-order valence-electron chi connectivity index (χ2n) is 4.68. The van der Waals surface area contributed by atoms with Crippen LogP contribution in [-0.2, 0) is 9.09 Å². The van der Waals surface area contributed by atoms with Crippen LogP contribution in [0, 0.1) is 0 Å². The largest absolute Gasteiger partial charge is 0.387 e. The fourth-order valence-corrected chi connectivity index (χ4v) is 2.46. The Hall–Kier alpha value is -0.0500. The predicted octanol–water partition coefficient (Wildman–Crippen LogP) is -2.22. The maximum Gasteiger partial charge on any atom is 0.331 e. The second-order valence-corrected chi connectivity index (χ2v) is 7.05. The quantitative estimate of drug-likeness (QED) is 0.320. The molecule has 0 aliphatic heterocycles. The number of aliphatic hydroxyl groups is 5. The summed E-state index contributed by atoms with van der Waals surface area (Å²) < 4.78 is 16.4. The molecule has 1 saturated carbocycles. The molecule has 0 spiro atoms. The molecule has 108 valence electrons. The molecule has 0 amide bonds. The van der Waals surface area contributed by atoms with Gasteiger partial charge in [0, 0.05) is 0 Å². The van der Waals surface area contributed by atoms with Crippen LogP contribution in [0.3, 0.4) is 0 Å². The molecule has 6 N–H and O–H groups in total. The topological polar surface area (TPSA) is 148 Å². The second kappa shape index (κ2) is 5.52. The Kier molecular flexibility index (Phi) is 4.91. The van der Waals surface area contributed by atoms with E-state index in [-0.39, 0.29) is 0 Å². The maximum absolute atomic E-state index is 11.7. The van der Waals surface area contributed by atoms with Gasteiger partial charge < -0.3 is 30.4 Å². The lowest BCUT2D eigenvalue weighted by atomic mass is 9.85. The van der Waals surface area contributed by atoms with Gasteiger partial charge in [-0.25, -0.2) is 0 Å². The Morgan fingerprint density at radius 1 is 0.889 bits per heavy atom. The summed E-state index contributed by atoms with van der Waals surface area (Å²) in [7, 11) is -4.10. The minimum Gasteiger partial charge on any atom is -0.387 e. The van der Waals surface area contributed by atoms with Gasteiger partial charge in [-0.2, -0.15) is 0 Å². The molecule has 0 saturated heterocycles. The lowest BCUT2D eigenvalue weighted by Crippen LogP contribution is -2.64. The van der Waals surface area contributed by atoms with Crippen LogP contribution in [0.4, 0.5) is 0 Å². The van der Waals surface area contributed by atoms with Crippen molar-refractivity contribution >= 4 is 7.60 Å². The first-order valence-corrected chi connectivity index (χ1v) is 7.15. The molecule has 8 nitrogen and oxygen atoms in total. The van der Waals surface area contributed by atoms with E-state index >= 15 is 0 Å². The van der Waals surface area contributed by atoms with Crippen LogP contribution in [0.15, 0.2) is 0 Å². The molecule has 18 heavy (non-hydrogen) atoms. The van der Waals surface area contributed by atoms with Gasteiger partial charge in [0.05, 0.1) is 5.66 Å². The zero-order valence-electron chi connectivity index (χ0n) is 9.99. The molecule has 7 atom stereocenters. The lowest BCUT2D eigenvalue weighted by molar-refractivity contribution is -0.218. The van der Waals surface area contributed by atoms with E-state index in [2.05, 4.69) is 0 Å². The third-order valence-corrected chi connectivity index (χ3v) is 4.85.